The molecule has 144 valence electrons. The fourth-order valence-electron chi connectivity index (χ4n) is 3.61. The van der Waals surface area contributed by atoms with Gasteiger partial charge in [-0.2, -0.15) is 0 Å². The highest BCUT2D eigenvalue weighted by Crippen LogP contribution is 2.22. The zero-order valence-electron chi connectivity index (χ0n) is 15.5. The zero-order chi connectivity index (χ0) is 19.5. The Kier molecular flexibility index (Phi) is 5.10. The second-order valence-corrected chi connectivity index (χ2v) is 7.11. The molecule has 1 N–H and O–H groups in total. The predicted octanol–water partition coefficient (Wildman–Crippen LogP) is 3.91. The van der Waals surface area contributed by atoms with Crippen LogP contribution in [0.25, 0.3) is 6.08 Å². The summed E-state index contributed by atoms with van der Waals surface area (Å²) in [6.07, 6.45) is 5.36. The van der Waals surface area contributed by atoms with E-state index in [-0.39, 0.29) is 12.2 Å². The van der Waals surface area contributed by atoms with Crippen LogP contribution < -0.4 is 10.2 Å². The number of amides is 3. The number of urea groups is 1. The van der Waals surface area contributed by atoms with Crippen LogP contribution in [0.15, 0.2) is 54.2 Å². The van der Waals surface area contributed by atoms with Gasteiger partial charge in [-0.1, -0.05) is 30.3 Å². The smallest absolute Gasteiger partial charge is 0.329 e. The summed E-state index contributed by atoms with van der Waals surface area (Å²) in [4.78, 5) is 28.2. The number of carbonyl (C=O) groups excluding carboxylic acids is 2. The fourth-order valence-corrected chi connectivity index (χ4v) is 3.61. The van der Waals surface area contributed by atoms with Crippen molar-refractivity contribution in [2.24, 2.45) is 0 Å². The van der Waals surface area contributed by atoms with E-state index in [4.69, 9.17) is 0 Å². The fraction of sp³-hybridized carbons (Fsp3) is 0.273. The van der Waals surface area contributed by atoms with Crippen molar-refractivity contribution in [3.8, 4) is 0 Å². The Bertz CT molecular complexity index is 918. The minimum atomic E-state index is -0.538. The van der Waals surface area contributed by atoms with E-state index in [2.05, 4.69) is 10.2 Å². The van der Waals surface area contributed by atoms with Gasteiger partial charge in [0.25, 0.3) is 5.91 Å². The number of halogens is 1. The van der Waals surface area contributed by atoms with E-state index in [9.17, 15) is 14.0 Å². The van der Waals surface area contributed by atoms with Gasteiger partial charge < -0.3 is 10.2 Å². The van der Waals surface area contributed by atoms with E-state index in [1.54, 1.807) is 24.3 Å². The first kappa shape index (κ1) is 18.2. The summed E-state index contributed by atoms with van der Waals surface area (Å²) >= 11 is 0. The SMILES string of the molecule is O=C1N/C(=C/c2ccc(N3CCCCC3)cc2)C(=O)N1Cc1ccccc1F. The summed E-state index contributed by atoms with van der Waals surface area (Å²) in [6, 6.07) is 13.6. The first-order valence-electron chi connectivity index (χ1n) is 9.55. The van der Waals surface area contributed by atoms with Crippen molar-refractivity contribution in [2.75, 3.05) is 18.0 Å². The number of piperidine rings is 1. The Balaban J connectivity index is 1.48. The highest BCUT2D eigenvalue weighted by atomic mass is 19.1. The van der Waals surface area contributed by atoms with E-state index in [1.165, 1.54) is 31.0 Å². The summed E-state index contributed by atoms with van der Waals surface area (Å²) in [7, 11) is 0. The lowest BCUT2D eigenvalue weighted by atomic mass is 10.1. The molecule has 0 spiro atoms. The van der Waals surface area contributed by atoms with Gasteiger partial charge in [0.1, 0.15) is 11.5 Å². The van der Waals surface area contributed by atoms with Gasteiger partial charge in [0.2, 0.25) is 0 Å². The predicted molar refractivity (Wildman–Crippen MR) is 106 cm³/mol. The molecular formula is C22H22FN3O2. The molecule has 6 heteroatoms. The molecule has 0 unspecified atom stereocenters. The zero-order valence-corrected chi connectivity index (χ0v) is 15.5. The Morgan fingerprint density at radius 2 is 1.68 bits per heavy atom. The Morgan fingerprint density at radius 3 is 2.39 bits per heavy atom. The van der Waals surface area contributed by atoms with Crippen molar-refractivity contribution in [1.29, 1.82) is 0 Å². The van der Waals surface area contributed by atoms with E-state index in [0.29, 0.717) is 5.56 Å². The van der Waals surface area contributed by atoms with Crippen molar-refractivity contribution in [3.63, 3.8) is 0 Å². The van der Waals surface area contributed by atoms with Crippen molar-refractivity contribution in [2.45, 2.75) is 25.8 Å². The molecule has 2 aliphatic heterocycles. The monoisotopic (exact) mass is 379 g/mol. The summed E-state index contributed by atoms with van der Waals surface area (Å²) in [5, 5.41) is 2.59. The second-order valence-electron chi connectivity index (χ2n) is 7.11. The molecule has 0 aliphatic carbocycles. The maximum absolute atomic E-state index is 13.8. The standard InChI is InChI=1S/C22H22FN3O2/c23-19-7-3-2-6-17(19)15-26-21(27)20(24-22(26)28)14-16-8-10-18(11-9-16)25-12-4-1-5-13-25/h2-3,6-11,14H,1,4-5,12-13,15H2,(H,24,28)/b20-14+. The van der Waals surface area contributed by atoms with Crippen molar-refractivity contribution in [3.05, 3.63) is 71.2 Å². The van der Waals surface area contributed by atoms with E-state index in [1.807, 2.05) is 24.3 Å². The van der Waals surface area contributed by atoms with Crippen molar-refractivity contribution in [1.82, 2.24) is 10.2 Å². The number of hydrogen-bond donors (Lipinski definition) is 1. The molecule has 5 nitrogen and oxygen atoms in total. The van der Waals surface area contributed by atoms with Crippen LogP contribution in [0.2, 0.25) is 0 Å². The molecule has 2 aliphatic rings. The summed E-state index contributed by atoms with van der Waals surface area (Å²) in [5.74, 6) is -0.887. The quantitative estimate of drug-likeness (QED) is 0.647. The van der Waals surface area contributed by atoms with Gasteiger partial charge >= 0.3 is 6.03 Å². The van der Waals surface area contributed by atoms with Crippen LogP contribution in [-0.2, 0) is 11.3 Å². The molecule has 0 atom stereocenters. The number of anilines is 1. The van der Waals surface area contributed by atoms with Crippen molar-refractivity contribution < 1.29 is 14.0 Å². The number of benzene rings is 2. The minimum Gasteiger partial charge on any atom is -0.372 e. The number of nitrogens with one attached hydrogen (secondary N) is 1. The minimum absolute atomic E-state index is 0.0947. The summed E-state index contributed by atoms with van der Waals surface area (Å²) in [5.41, 5.74) is 2.51. The lowest BCUT2D eigenvalue weighted by Crippen LogP contribution is -2.30. The molecule has 2 fully saturated rings. The molecule has 4 rings (SSSR count). The first-order chi connectivity index (χ1) is 13.6. The van der Waals surface area contributed by atoms with Gasteiger partial charge in [0.15, 0.2) is 0 Å². The van der Waals surface area contributed by atoms with E-state index >= 15 is 0 Å². The third kappa shape index (κ3) is 3.76. The van der Waals surface area contributed by atoms with Gasteiger partial charge in [0, 0.05) is 24.3 Å². The summed E-state index contributed by atoms with van der Waals surface area (Å²) in [6.45, 7) is 2.04. The number of hydrogen-bond acceptors (Lipinski definition) is 3. The van der Waals surface area contributed by atoms with Crippen LogP contribution in [0.4, 0.5) is 14.9 Å². The van der Waals surface area contributed by atoms with Gasteiger partial charge in [-0.05, 0) is 49.1 Å². The van der Waals surface area contributed by atoms with Crippen LogP contribution >= 0.6 is 0 Å². The molecule has 0 aromatic heterocycles. The molecule has 28 heavy (non-hydrogen) atoms. The Hall–Kier alpha value is -3.15. The topological polar surface area (TPSA) is 52.7 Å². The molecule has 3 amide bonds. The number of rotatable bonds is 4. The average Bonchev–Trinajstić information content (AvgIpc) is 2.98. The second kappa shape index (κ2) is 7.84. The van der Waals surface area contributed by atoms with Gasteiger partial charge in [-0.15, -0.1) is 0 Å². The third-order valence-electron chi connectivity index (χ3n) is 5.17. The van der Waals surface area contributed by atoms with E-state index < -0.39 is 17.8 Å². The molecule has 0 radical (unpaired) electrons. The van der Waals surface area contributed by atoms with Gasteiger partial charge in [0.05, 0.1) is 6.54 Å². The highest BCUT2D eigenvalue weighted by Gasteiger charge is 2.33. The number of carbonyl (C=O) groups is 2. The molecule has 2 aromatic carbocycles. The number of imide groups is 1. The number of nitrogens with zero attached hydrogens (tertiary/aromatic N) is 2. The van der Waals surface area contributed by atoms with Gasteiger partial charge in [-0.25, -0.2) is 9.18 Å². The van der Waals surface area contributed by atoms with Crippen LogP contribution in [-0.4, -0.2) is 29.9 Å². The Morgan fingerprint density at radius 1 is 0.964 bits per heavy atom. The third-order valence-corrected chi connectivity index (χ3v) is 5.17. The lowest BCUT2D eigenvalue weighted by molar-refractivity contribution is -0.123. The lowest BCUT2D eigenvalue weighted by Gasteiger charge is -2.28. The normalized spacial score (nSPS) is 18.7. The first-order valence-corrected chi connectivity index (χ1v) is 9.55. The molecular weight excluding hydrogens is 357 g/mol. The molecule has 2 saturated heterocycles. The highest BCUT2D eigenvalue weighted by molar-refractivity contribution is 6.13. The van der Waals surface area contributed by atoms with Crippen LogP contribution in [0.5, 0.6) is 0 Å². The maximum atomic E-state index is 13.8. The molecule has 0 bridgehead atoms. The average molecular weight is 379 g/mol. The molecule has 2 heterocycles. The van der Waals surface area contributed by atoms with Crippen molar-refractivity contribution >= 4 is 23.7 Å². The van der Waals surface area contributed by atoms with Crippen LogP contribution in [0.1, 0.15) is 30.4 Å². The maximum Gasteiger partial charge on any atom is 0.329 e. The molecule has 2 aromatic rings. The molecule has 0 saturated carbocycles. The van der Waals surface area contributed by atoms with Crippen LogP contribution in [0, 0.1) is 5.82 Å². The Labute approximate surface area is 163 Å². The summed E-state index contributed by atoms with van der Waals surface area (Å²) < 4.78 is 13.8. The van der Waals surface area contributed by atoms with Gasteiger partial charge in [-0.3, -0.25) is 9.69 Å². The van der Waals surface area contributed by atoms with E-state index in [0.717, 1.165) is 23.6 Å². The largest absolute Gasteiger partial charge is 0.372 e. The van der Waals surface area contributed by atoms with Crippen LogP contribution in [0.3, 0.4) is 0 Å².